The predicted octanol–water partition coefficient (Wildman–Crippen LogP) is 2.31. The van der Waals surface area contributed by atoms with E-state index in [-0.39, 0.29) is 0 Å². The Bertz CT molecular complexity index is 421. The molecule has 3 N–H and O–H groups in total. The summed E-state index contributed by atoms with van der Waals surface area (Å²) in [6.45, 7) is 3.50. The Morgan fingerprint density at radius 3 is 2.84 bits per heavy atom. The lowest BCUT2D eigenvalue weighted by molar-refractivity contribution is 0.00896. The van der Waals surface area contributed by atoms with Crippen LogP contribution in [0.25, 0.3) is 0 Å². The Morgan fingerprint density at radius 2 is 2.16 bits per heavy atom. The van der Waals surface area contributed by atoms with Gasteiger partial charge in [0.05, 0.1) is 5.60 Å². The summed E-state index contributed by atoms with van der Waals surface area (Å²) in [5.41, 5.74) is 7.69. The van der Waals surface area contributed by atoms with E-state index in [1.807, 2.05) is 0 Å². The van der Waals surface area contributed by atoms with Gasteiger partial charge in [-0.25, -0.2) is 0 Å². The number of rotatable bonds is 5. The molecule has 0 aromatic heterocycles. The van der Waals surface area contributed by atoms with Crippen molar-refractivity contribution in [1.82, 2.24) is 0 Å². The van der Waals surface area contributed by atoms with Crippen LogP contribution in [0.3, 0.4) is 0 Å². The maximum atomic E-state index is 10.5. The Hall–Kier alpha value is -1.06. The van der Waals surface area contributed by atoms with Crippen LogP contribution in [0.5, 0.6) is 0 Å². The van der Waals surface area contributed by atoms with Crippen molar-refractivity contribution in [3.63, 3.8) is 0 Å². The zero-order valence-electron chi connectivity index (χ0n) is 12.1. The van der Waals surface area contributed by atoms with Gasteiger partial charge < -0.3 is 15.7 Å². The Kier molecular flexibility index (Phi) is 4.48. The minimum atomic E-state index is -0.618. The molecule has 0 spiro atoms. The van der Waals surface area contributed by atoms with Crippen molar-refractivity contribution < 1.29 is 5.11 Å². The van der Waals surface area contributed by atoms with Crippen LogP contribution < -0.4 is 10.6 Å². The third kappa shape index (κ3) is 3.10. The van der Waals surface area contributed by atoms with E-state index >= 15 is 0 Å². The largest absolute Gasteiger partial charge is 0.388 e. The Labute approximate surface area is 116 Å². The minimum absolute atomic E-state index is 0.351. The first-order valence-corrected chi connectivity index (χ1v) is 7.26. The van der Waals surface area contributed by atoms with Gasteiger partial charge in [0.15, 0.2) is 0 Å². The van der Waals surface area contributed by atoms with Gasteiger partial charge in [-0.3, -0.25) is 0 Å². The Morgan fingerprint density at radius 1 is 1.42 bits per heavy atom. The van der Waals surface area contributed by atoms with Gasteiger partial charge >= 0.3 is 0 Å². The molecule has 1 aromatic rings. The van der Waals surface area contributed by atoms with Crippen molar-refractivity contribution in [3.05, 3.63) is 29.8 Å². The zero-order chi connectivity index (χ0) is 13.9. The quantitative estimate of drug-likeness (QED) is 0.856. The topological polar surface area (TPSA) is 49.5 Å². The molecule has 0 saturated heterocycles. The highest BCUT2D eigenvalue weighted by atomic mass is 16.3. The smallest absolute Gasteiger partial charge is 0.0798 e. The van der Waals surface area contributed by atoms with E-state index in [1.165, 1.54) is 11.3 Å². The average molecular weight is 262 g/mol. The monoisotopic (exact) mass is 262 g/mol. The molecule has 3 nitrogen and oxygen atoms in total. The fourth-order valence-electron chi connectivity index (χ4n) is 3.27. The van der Waals surface area contributed by atoms with Gasteiger partial charge in [0.2, 0.25) is 0 Å². The number of aryl methyl sites for hydroxylation is 1. The molecular weight excluding hydrogens is 236 g/mol. The number of nitrogens with two attached hydrogens (primary N) is 1. The number of aliphatic hydroxyl groups is 1. The lowest BCUT2D eigenvalue weighted by atomic mass is 9.88. The van der Waals surface area contributed by atoms with Gasteiger partial charge in [0.25, 0.3) is 0 Å². The van der Waals surface area contributed by atoms with Crippen LogP contribution in [0, 0.1) is 12.8 Å². The predicted molar refractivity (Wildman–Crippen MR) is 80.4 cm³/mol. The summed E-state index contributed by atoms with van der Waals surface area (Å²) in [6, 6.07) is 8.43. The molecule has 1 aliphatic rings. The second-order valence-corrected chi connectivity index (χ2v) is 5.89. The summed E-state index contributed by atoms with van der Waals surface area (Å²) >= 11 is 0. The molecular formula is C16H26N2O. The molecule has 1 saturated carbocycles. The van der Waals surface area contributed by atoms with Crippen molar-refractivity contribution in [2.45, 2.75) is 38.2 Å². The van der Waals surface area contributed by atoms with Crippen LogP contribution in [0.2, 0.25) is 0 Å². The number of hydrogen-bond acceptors (Lipinski definition) is 3. The molecule has 1 aliphatic carbocycles. The molecule has 1 aromatic carbocycles. The van der Waals surface area contributed by atoms with Gasteiger partial charge in [-0.1, -0.05) is 24.6 Å². The van der Waals surface area contributed by atoms with E-state index in [0.29, 0.717) is 12.5 Å². The second kappa shape index (κ2) is 5.93. The normalized spacial score (nSPS) is 26.6. The number of para-hydroxylation sites is 1. The molecule has 19 heavy (non-hydrogen) atoms. The average Bonchev–Trinajstić information content (AvgIpc) is 2.78. The fourth-order valence-corrected chi connectivity index (χ4v) is 3.27. The molecule has 0 radical (unpaired) electrons. The third-order valence-corrected chi connectivity index (χ3v) is 4.62. The van der Waals surface area contributed by atoms with Crippen molar-refractivity contribution in [2.75, 3.05) is 25.0 Å². The van der Waals surface area contributed by atoms with Crippen molar-refractivity contribution >= 4 is 5.69 Å². The number of nitrogens with zero attached hydrogens (tertiary/aromatic N) is 1. The standard InChI is InChI=1S/C16H26N2O/c1-13-6-3-4-8-15(13)18(2)11-9-14-7-5-10-16(14,19)12-17/h3-4,6,8,14,19H,5,7,9-12,17H2,1-2H3. The summed E-state index contributed by atoms with van der Waals surface area (Å²) in [5, 5.41) is 10.5. The number of anilines is 1. The molecule has 3 heteroatoms. The molecule has 0 bridgehead atoms. The molecule has 2 atom stereocenters. The summed E-state index contributed by atoms with van der Waals surface area (Å²) in [4.78, 5) is 2.28. The lowest BCUT2D eigenvalue weighted by Gasteiger charge is -2.31. The van der Waals surface area contributed by atoms with Gasteiger partial charge in [-0.2, -0.15) is 0 Å². The van der Waals surface area contributed by atoms with Crippen LogP contribution in [0.4, 0.5) is 5.69 Å². The Balaban J connectivity index is 1.94. The van der Waals surface area contributed by atoms with Crippen LogP contribution >= 0.6 is 0 Å². The fraction of sp³-hybridized carbons (Fsp3) is 0.625. The highest BCUT2D eigenvalue weighted by Gasteiger charge is 2.39. The van der Waals surface area contributed by atoms with Crippen molar-refractivity contribution in [2.24, 2.45) is 11.7 Å². The molecule has 1 fully saturated rings. The van der Waals surface area contributed by atoms with Crippen LogP contribution in [-0.2, 0) is 0 Å². The molecule has 2 rings (SSSR count). The van der Waals surface area contributed by atoms with E-state index in [4.69, 9.17) is 5.73 Å². The highest BCUT2D eigenvalue weighted by Crippen LogP contribution is 2.37. The zero-order valence-corrected chi connectivity index (χ0v) is 12.1. The maximum Gasteiger partial charge on any atom is 0.0798 e. The number of hydrogen-bond donors (Lipinski definition) is 2. The number of benzene rings is 1. The summed E-state index contributed by atoms with van der Waals surface area (Å²) < 4.78 is 0. The third-order valence-electron chi connectivity index (χ3n) is 4.62. The van der Waals surface area contributed by atoms with E-state index < -0.39 is 5.60 Å². The van der Waals surface area contributed by atoms with E-state index in [1.54, 1.807) is 0 Å². The molecule has 106 valence electrons. The van der Waals surface area contributed by atoms with Crippen LogP contribution in [0.15, 0.2) is 24.3 Å². The van der Waals surface area contributed by atoms with E-state index in [2.05, 4.69) is 43.1 Å². The van der Waals surface area contributed by atoms with Gasteiger partial charge in [0, 0.05) is 25.8 Å². The first-order chi connectivity index (χ1) is 9.07. The lowest BCUT2D eigenvalue weighted by Crippen LogP contribution is -2.42. The molecule has 2 unspecified atom stereocenters. The van der Waals surface area contributed by atoms with E-state index in [0.717, 1.165) is 32.2 Å². The summed E-state index contributed by atoms with van der Waals surface area (Å²) in [6.07, 6.45) is 4.09. The van der Waals surface area contributed by atoms with Crippen molar-refractivity contribution in [1.29, 1.82) is 0 Å². The first kappa shape index (κ1) is 14.4. The summed E-state index contributed by atoms with van der Waals surface area (Å²) in [7, 11) is 2.12. The molecule has 0 amide bonds. The SMILES string of the molecule is Cc1ccccc1N(C)CCC1CCCC1(O)CN. The maximum absolute atomic E-state index is 10.5. The van der Waals surface area contributed by atoms with Crippen molar-refractivity contribution in [3.8, 4) is 0 Å². The van der Waals surface area contributed by atoms with Crippen LogP contribution in [0.1, 0.15) is 31.2 Å². The van der Waals surface area contributed by atoms with E-state index in [9.17, 15) is 5.11 Å². The highest BCUT2D eigenvalue weighted by molar-refractivity contribution is 5.52. The van der Waals surface area contributed by atoms with Gasteiger partial charge in [-0.15, -0.1) is 0 Å². The van der Waals surface area contributed by atoms with Gasteiger partial charge in [0.1, 0.15) is 0 Å². The molecule has 0 heterocycles. The summed E-state index contributed by atoms with van der Waals surface area (Å²) in [5.74, 6) is 0.351. The minimum Gasteiger partial charge on any atom is -0.388 e. The van der Waals surface area contributed by atoms with Gasteiger partial charge in [-0.05, 0) is 43.7 Å². The first-order valence-electron chi connectivity index (χ1n) is 7.26. The van der Waals surface area contributed by atoms with Crippen LogP contribution in [-0.4, -0.2) is 30.8 Å². The second-order valence-electron chi connectivity index (χ2n) is 5.89. The molecule has 0 aliphatic heterocycles.